The number of rotatable bonds is 8. The summed E-state index contributed by atoms with van der Waals surface area (Å²) in [7, 11) is 1.68. The molecular formula is C32H36O4. The molecular weight excluding hydrogens is 448 g/mol. The molecule has 3 aromatic rings. The predicted octanol–water partition coefficient (Wildman–Crippen LogP) is 6.77. The number of methoxy groups -OCH3 is 1. The molecule has 1 saturated heterocycles. The van der Waals surface area contributed by atoms with Crippen molar-refractivity contribution < 1.29 is 18.9 Å². The van der Waals surface area contributed by atoms with Gasteiger partial charge in [0, 0.05) is 28.9 Å². The van der Waals surface area contributed by atoms with Crippen molar-refractivity contribution in [2.45, 2.75) is 50.2 Å². The lowest BCUT2D eigenvalue weighted by molar-refractivity contribution is -0.246. The van der Waals surface area contributed by atoms with Crippen LogP contribution in [0.3, 0.4) is 0 Å². The Morgan fingerprint density at radius 1 is 0.833 bits per heavy atom. The maximum atomic E-state index is 6.36. The molecule has 0 amide bonds. The predicted molar refractivity (Wildman–Crippen MR) is 141 cm³/mol. The van der Waals surface area contributed by atoms with Crippen molar-refractivity contribution in [2.24, 2.45) is 5.41 Å². The van der Waals surface area contributed by atoms with Crippen molar-refractivity contribution in [2.75, 3.05) is 33.5 Å². The van der Waals surface area contributed by atoms with E-state index in [-0.39, 0.29) is 17.1 Å². The van der Waals surface area contributed by atoms with Crippen LogP contribution in [0.4, 0.5) is 0 Å². The van der Waals surface area contributed by atoms with Crippen LogP contribution in [0.5, 0.6) is 5.75 Å². The highest BCUT2D eigenvalue weighted by Gasteiger charge is 2.49. The Balaban J connectivity index is 1.26. The van der Waals surface area contributed by atoms with Gasteiger partial charge in [0.25, 0.3) is 0 Å². The molecule has 0 radical (unpaired) electrons. The van der Waals surface area contributed by atoms with Gasteiger partial charge in [-0.1, -0.05) is 60.7 Å². The van der Waals surface area contributed by atoms with E-state index in [0.717, 1.165) is 24.2 Å². The van der Waals surface area contributed by atoms with E-state index in [0.29, 0.717) is 32.3 Å². The summed E-state index contributed by atoms with van der Waals surface area (Å²) in [4.78, 5) is 0. The molecule has 0 aromatic heterocycles. The monoisotopic (exact) mass is 484 g/mol. The van der Waals surface area contributed by atoms with Crippen LogP contribution in [0, 0.1) is 5.41 Å². The Morgan fingerprint density at radius 2 is 1.47 bits per heavy atom. The van der Waals surface area contributed by atoms with Crippen LogP contribution in [0.1, 0.15) is 72.6 Å². The highest BCUT2D eigenvalue weighted by atomic mass is 16.7. The zero-order chi connectivity index (χ0) is 24.6. The van der Waals surface area contributed by atoms with E-state index in [1.54, 1.807) is 7.11 Å². The van der Waals surface area contributed by atoms with Gasteiger partial charge in [0.1, 0.15) is 5.75 Å². The van der Waals surface area contributed by atoms with Gasteiger partial charge >= 0.3 is 0 Å². The van der Waals surface area contributed by atoms with Gasteiger partial charge in [0.15, 0.2) is 6.29 Å². The summed E-state index contributed by atoms with van der Waals surface area (Å²) in [6.07, 6.45) is 4.14. The van der Waals surface area contributed by atoms with Gasteiger partial charge in [-0.05, 0) is 67.0 Å². The summed E-state index contributed by atoms with van der Waals surface area (Å²) in [5.74, 6) is 1.37. The SMILES string of the molecule is CCOCC1(CCC23CCC(c4ccccc42)c2ccccc23)COC(c2ccc(OC)cc2)OC1. The Kier molecular flexibility index (Phi) is 6.37. The van der Waals surface area contributed by atoms with Gasteiger partial charge in [-0.2, -0.15) is 0 Å². The molecule has 3 aliphatic carbocycles. The molecule has 4 heteroatoms. The molecule has 36 heavy (non-hydrogen) atoms. The zero-order valence-electron chi connectivity index (χ0n) is 21.4. The molecule has 1 aliphatic heterocycles. The lowest BCUT2D eigenvalue weighted by Crippen LogP contribution is -2.46. The Labute approximate surface area is 214 Å². The molecule has 188 valence electrons. The maximum absolute atomic E-state index is 6.36. The van der Waals surface area contributed by atoms with E-state index in [1.807, 2.05) is 24.3 Å². The molecule has 0 spiro atoms. The molecule has 1 heterocycles. The summed E-state index contributed by atoms with van der Waals surface area (Å²) < 4.78 is 24.1. The first kappa shape index (κ1) is 23.7. The van der Waals surface area contributed by atoms with Crippen molar-refractivity contribution in [3.63, 3.8) is 0 Å². The summed E-state index contributed by atoms with van der Waals surface area (Å²) >= 11 is 0. The van der Waals surface area contributed by atoms with Crippen molar-refractivity contribution in [3.05, 3.63) is 101 Å². The Bertz CT molecular complexity index is 1150. The highest BCUT2D eigenvalue weighted by Crippen LogP contribution is 2.58. The van der Waals surface area contributed by atoms with Gasteiger partial charge in [-0.25, -0.2) is 0 Å². The third-order valence-electron chi connectivity index (χ3n) is 8.73. The fraction of sp³-hybridized carbons (Fsp3) is 0.438. The first-order valence-corrected chi connectivity index (χ1v) is 13.3. The van der Waals surface area contributed by atoms with Crippen LogP contribution < -0.4 is 4.74 Å². The molecule has 0 N–H and O–H groups in total. The summed E-state index contributed by atoms with van der Waals surface area (Å²) in [5, 5.41) is 0. The first-order valence-electron chi connectivity index (χ1n) is 13.3. The number of hydrogen-bond donors (Lipinski definition) is 0. The third-order valence-corrected chi connectivity index (χ3v) is 8.73. The van der Waals surface area contributed by atoms with Crippen LogP contribution in [0.15, 0.2) is 72.8 Å². The largest absolute Gasteiger partial charge is 0.497 e. The van der Waals surface area contributed by atoms with E-state index in [2.05, 4.69) is 55.5 Å². The van der Waals surface area contributed by atoms with Crippen LogP contribution >= 0.6 is 0 Å². The van der Waals surface area contributed by atoms with E-state index in [4.69, 9.17) is 18.9 Å². The molecule has 0 saturated carbocycles. The molecule has 2 bridgehead atoms. The smallest absolute Gasteiger partial charge is 0.183 e. The highest BCUT2D eigenvalue weighted by molar-refractivity contribution is 5.59. The second-order valence-electron chi connectivity index (χ2n) is 10.7. The molecule has 3 aromatic carbocycles. The minimum absolute atomic E-state index is 0.0496. The second-order valence-corrected chi connectivity index (χ2v) is 10.7. The van der Waals surface area contributed by atoms with Gasteiger partial charge in [0.05, 0.1) is 26.9 Å². The molecule has 0 unspecified atom stereocenters. The van der Waals surface area contributed by atoms with E-state index in [9.17, 15) is 0 Å². The van der Waals surface area contributed by atoms with Gasteiger partial charge < -0.3 is 18.9 Å². The quantitative estimate of drug-likeness (QED) is 0.354. The number of fused-ring (bicyclic) bond motifs is 1. The minimum atomic E-state index is -0.351. The second kappa shape index (κ2) is 9.66. The number of benzene rings is 3. The number of ether oxygens (including phenoxy) is 4. The van der Waals surface area contributed by atoms with Crippen LogP contribution in [-0.2, 0) is 19.6 Å². The molecule has 1 fully saturated rings. The molecule has 0 atom stereocenters. The van der Waals surface area contributed by atoms with Gasteiger partial charge in [-0.15, -0.1) is 0 Å². The van der Waals surface area contributed by atoms with E-state index < -0.39 is 0 Å². The maximum Gasteiger partial charge on any atom is 0.183 e. The third kappa shape index (κ3) is 3.96. The normalized spacial score (nSPS) is 28.4. The average molecular weight is 485 g/mol. The van der Waals surface area contributed by atoms with Crippen molar-refractivity contribution in [1.82, 2.24) is 0 Å². The topological polar surface area (TPSA) is 36.9 Å². The first-order chi connectivity index (χ1) is 17.7. The van der Waals surface area contributed by atoms with E-state index in [1.165, 1.54) is 35.1 Å². The van der Waals surface area contributed by atoms with Crippen LogP contribution in [0.2, 0.25) is 0 Å². The van der Waals surface area contributed by atoms with Gasteiger partial charge in [0.2, 0.25) is 0 Å². The lowest BCUT2D eigenvalue weighted by atomic mass is 9.53. The fourth-order valence-electron chi connectivity index (χ4n) is 6.80. The van der Waals surface area contributed by atoms with Crippen molar-refractivity contribution >= 4 is 0 Å². The average Bonchev–Trinajstić information content (AvgIpc) is 2.96. The fourth-order valence-corrected chi connectivity index (χ4v) is 6.80. The number of hydrogen-bond acceptors (Lipinski definition) is 4. The van der Waals surface area contributed by atoms with Crippen molar-refractivity contribution in [3.8, 4) is 5.75 Å². The molecule has 7 rings (SSSR count). The van der Waals surface area contributed by atoms with Crippen LogP contribution in [0.25, 0.3) is 0 Å². The van der Waals surface area contributed by atoms with Crippen LogP contribution in [-0.4, -0.2) is 33.5 Å². The summed E-state index contributed by atoms with van der Waals surface area (Å²) in [6, 6.07) is 26.2. The molecule has 4 aliphatic rings. The Morgan fingerprint density at radius 3 is 2.08 bits per heavy atom. The summed E-state index contributed by atoms with van der Waals surface area (Å²) in [5.41, 5.74) is 7.02. The van der Waals surface area contributed by atoms with E-state index >= 15 is 0 Å². The van der Waals surface area contributed by atoms with Crippen molar-refractivity contribution in [1.29, 1.82) is 0 Å². The summed E-state index contributed by atoms with van der Waals surface area (Å²) in [6.45, 7) is 4.67. The minimum Gasteiger partial charge on any atom is -0.497 e. The lowest BCUT2D eigenvalue weighted by Gasteiger charge is -2.51. The molecule has 4 nitrogen and oxygen atoms in total. The standard InChI is InChI=1S/C32H36O4/c1-3-34-20-31(21-35-30(36-22-31)23-12-14-24(33-2)15-13-23)18-19-32-17-16-25(26-8-4-6-10-28(26)32)27-9-5-7-11-29(27)32/h4-15,25,30H,3,16-22H2,1-2H3. The zero-order valence-corrected chi connectivity index (χ0v) is 21.4. The van der Waals surface area contributed by atoms with Gasteiger partial charge in [-0.3, -0.25) is 0 Å². The Hall–Kier alpha value is -2.66.